The van der Waals surface area contributed by atoms with E-state index in [4.69, 9.17) is 10.2 Å². The van der Waals surface area contributed by atoms with Crippen LogP contribution in [0.3, 0.4) is 0 Å². The number of H-pyrrole nitrogens is 1. The van der Waals surface area contributed by atoms with Crippen molar-refractivity contribution in [2.24, 2.45) is 0 Å². The Bertz CT molecular complexity index is 837. The average molecular weight is 334 g/mol. The predicted octanol–water partition coefficient (Wildman–Crippen LogP) is 4.32. The number of rotatable bonds is 3. The van der Waals surface area contributed by atoms with Crippen LogP contribution in [0.2, 0.25) is 0 Å². The van der Waals surface area contributed by atoms with E-state index in [0.717, 1.165) is 42.8 Å². The van der Waals surface area contributed by atoms with Crippen molar-refractivity contribution in [1.82, 2.24) is 14.3 Å². The monoisotopic (exact) mass is 334 g/mol. The second-order valence-electron chi connectivity index (χ2n) is 6.07. The molecule has 4 nitrogen and oxygen atoms in total. The number of aromatic nitrogens is 2. The molecule has 0 unspecified atom stereocenters. The first-order chi connectivity index (χ1) is 11.8. The molecule has 1 aliphatic rings. The van der Waals surface area contributed by atoms with E-state index in [1.54, 1.807) is 11.9 Å². The number of fused-ring (bicyclic) bond motifs is 1. The molecule has 24 heavy (non-hydrogen) atoms. The lowest BCUT2D eigenvalue weighted by Crippen LogP contribution is -2.27. The number of nitriles is 1. The van der Waals surface area contributed by atoms with Gasteiger partial charge < -0.3 is 4.98 Å². The second-order valence-corrected chi connectivity index (χ2v) is 7.24. The van der Waals surface area contributed by atoms with Crippen molar-refractivity contribution in [1.29, 1.82) is 5.26 Å². The van der Waals surface area contributed by atoms with Crippen LogP contribution in [0.5, 0.6) is 0 Å². The van der Waals surface area contributed by atoms with Gasteiger partial charge in [0.1, 0.15) is 5.82 Å². The highest BCUT2D eigenvalue weighted by atomic mass is 32.2. The highest BCUT2D eigenvalue weighted by Gasteiger charge is 2.23. The smallest absolute Gasteiger partial charge is 0.110 e. The number of imidazole rings is 1. The number of aromatic amines is 1. The third-order valence-electron chi connectivity index (χ3n) is 4.47. The summed E-state index contributed by atoms with van der Waals surface area (Å²) >= 11 is 1.78. The number of piperidine rings is 1. The van der Waals surface area contributed by atoms with Gasteiger partial charge in [-0.05, 0) is 61.2 Å². The Morgan fingerprint density at radius 3 is 2.54 bits per heavy atom. The topological polar surface area (TPSA) is 55.7 Å². The number of benzene rings is 2. The summed E-state index contributed by atoms with van der Waals surface area (Å²) in [6.07, 6.45) is 2.23. The van der Waals surface area contributed by atoms with E-state index >= 15 is 0 Å². The maximum Gasteiger partial charge on any atom is 0.110 e. The maximum absolute atomic E-state index is 8.86. The van der Waals surface area contributed by atoms with Crippen molar-refractivity contribution in [3.63, 3.8) is 0 Å². The molecule has 0 bridgehead atoms. The van der Waals surface area contributed by atoms with Gasteiger partial charge in [-0.25, -0.2) is 9.29 Å². The number of nitrogens with zero attached hydrogens (tertiary/aromatic N) is 3. The number of para-hydroxylation sites is 2. The van der Waals surface area contributed by atoms with Crippen molar-refractivity contribution >= 4 is 23.0 Å². The van der Waals surface area contributed by atoms with Gasteiger partial charge >= 0.3 is 0 Å². The van der Waals surface area contributed by atoms with E-state index in [1.807, 2.05) is 36.4 Å². The Kier molecular flexibility index (Phi) is 4.24. The van der Waals surface area contributed by atoms with Crippen LogP contribution in [0.15, 0.2) is 53.4 Å². The lowest BCUT2D eigenvalue weighted by Gasteiger charge is -2.29. The van der Waals surface area contributed by atoms with Crippen molar-refractivity contribution in [2.45, 2.75) is 23.7 Å². The first-order valence-electron chi connectivity index (χ1n) is 8.19. The Labute approximate surface area is 145 Å². The normalized spacial score (nSPS) is 16.3. The zero-order valence-corrected chi connectivity index (χ0v) is 14.1. The zero-order valence-electron chi connectivity index (χ0n) is 13.3. The van der Waals surface area contributed by atoms with Crippen LogP contribution in [-0.4, -0.2) is 27.4 Å². The maximum atomic E-state index is 8.86. The number of hydrogen-bond acceptors (Lipinski definition) is 4. The van der Waals surface area contributed by atoms with Gasteiger partial charge in [-0.3, -0.25) is 0 Å². The Morgan fingerprint density at radius 1 is 1.08 bits per heavy atom. The molecule has 1 fully saturated rings. The van der Waals surface area contributed by atoms with Crippen molar-refractivity contribution in [2.75, 3.05) is 13.1 Å². The van der Waals surface area contributed by atoms with Crippen molar-refractivity contribution in [3.05, 3.63) is 59.9 Å². The van der Waals surface area contributed by atoms with E-state index in [0.29, 0.717) is 11.5 Å². The standard InChI is InChI=1S/C19H18N4S/c20-13-14-5-7-16(8-6-14)24-23-11-9-15(10-12-23)19-21-17-3-1-2-4-18(17)22-19/h1-8,15H,9-12H2,(H,21,22). The fourth-order valence-electron chi connectivity index (χ4n) is 3.13. The highest BCUT2D eigenvalue weighted by Crippen LogP contribution is 2.32. The molecule has 4 rings (SSSR count). The predicted molar refractivity (Wildman–Crippen MR) is 96.7 cm³/mol. The summed E-state index contributed by atoms with van der Waals surface area (Å²) in [6.45, 7) is 2.10. The zero-order chi connectivity index (χ0) is 16.4. The summed E-state index contributed by atoms with van der Waals surface area (Å²) < 4.78 is 2.40. The molecule has 1 N–H and O–H groups in total. The first kappa shape index (κ1) is 15.3. The molecule has 0 spiro atoms. The van der Waals surface area contributed by atoms with Gasteiger partial charge in [-0.1, -0.05) is 12.1 Å². The number of nitrogens with one attached hydrogen (secondary N) is 1. The summed E-state index contributed by atoms with van der Waals surface area (Å²) in [5, 5.41) is 8.86. The van der Waals surface area contributed by atoms with Gasteiger partial charge in [0.25, 0.3) is 0 Å². The summed E-state index contributed by atoms with van der Waals surface area (Å²) in [5.41, 5.74) is 2.90. The van der Waals surface area contributed by atoms with Gasteiger partial charge in [-0.15, -0.1) is 0 Å². The molecular weight excluding hydrogens is 316 g/mol. The molecule has 0 saturated carbocycles. The quantitative estimate of drug-likeness (QED) is 0.725. The molecule has 0 aliphatic carbocycles. The van der Waals surface area contributed by atoms with Gasteiger partial charge in [0.15, 0.2) is 0 Å². The van der Waals surface area contributed by atoms with Crippen LogP contribution in [0.25, 0.3) is 11.0 Å². The molecule has 2 heterocycles. The molecule has 1 saturated heterocycles. The lowest BCUT2D eigenvalue weighted by atomic mass is 9.97. The van der Waals surface area contributed by atoms with Crippen LogP contribution >= 0.6 is 11.9 Å². The molecule has 1 aromatic heterocycles. The first-order valence-corrected chi connectivity index (χ1v) is 8.97. The summed E-state index contributed by atoms with van der Waals surface area (Å²) in [6, 6.07) is 18.2. The summed E-state index contributed by atoms with van der Waals surface area (Å²) in [4.78, 5) is 9.42. The number of hydrogen-bond donors (Lipinski definition) is 1. The fraction of sp³-hybridized carbons (Fsp3) is 0.263. The SMILES string of the molecule is N#Cc1ccc(SN2CCC(c3nc4ccccc4[nH]3)CC2)cc1. The van der Waals surface area contributed by atoms with Crippen molar-refractivity contribution < 1.29 is 0 Å². The second kappa shape index (κ2) is 6.68. The van der Waals surface area contributed by atoms with Gasteiger partial charge in [0, 0.05) is 23.9 Å². The van der Waals surface area contributed by atoms with Gasteiger partial charge in [-0.2, -0.15) is 5.26 Å². The van der Waals surface area contributed by atoms with Crippen LogP contribution < -0.4 is 0 Å². The average Bonchev–Trinajstić information content (AvgIpc) is 3.07. The summed E-state index contributed by atoms with van der Waals surface area (Å²) in [7, 11) is 0. The van der Waals surface area contributed by atoms with E-state index in [-0.39, 0.29) is 0 Å². The molecule has 1 aliphatic heterocycles. The Morgan fingerprint density at radius 2 is 1.83 bits per heavy atom. The largest absolute Gasteiger partial charge is 0.342 e. The molecule has 0 amide bonds. The van der Waals surface area contributed by atoms with Gasteiger partial charge in [0.2, 0.25) is 0 Å². The molecule has 5 heteroatoms. The minimum Gasteiger partial charge on any atom is -0.342 e. The van der Waals surface area contributed by atoms with E-state index in [2.05, 4.69) is 27.5 Å². The Balaban J connectivity index is 1.38. The fourth-order valence-corrected chi connectivity index (χ4v) is 4.08. The minimum atomic E-state index is 0.509. The van der Waals surface area contributed by atoms with Crippen LogP contribution in [0.1, 0.15) is 30.1 Å². The van der Waals surface area contributed by atoms with Crippen molar-refractivity contribution in [3.8, 4) is 6.07 Å². The molecule has 0 radical (unpaired) electrons. The molecule has 0 atom stereocenters. The van der Waals surface area contributed by atoms with E-state index < -0.39 is 0 Å². The molecular formula is C19H18N4S. The Hall–Kier alpha value is -2.29. The molecule has 3 aromatic rings. The molecule has 120 valence electrons. The van der Waals surface area contributed by atoms with Crippen LogP contribution in [0.4, 0.5) is 0 Å². The minimum absolute atomic E-state index is 0.509. The third-order valence-corrected chi connectivity index (χ3v) is 5.57. The summed E-state index contributed by atoms with van der Waals surface area (Å²) in [5.74, 6) is 1.63. The lowest BCUT2D eigenvalue weighted by molar-refractivity contribution is 0.339. The van der Waals surface area contributed by atoms with Gasteiger partial charge in [0.05, 0.1) is 22.7 Å². The van der Waals surface area contributed by atoms with Crippen LogP contribution in [-0.2, 0) is 0 Å². The molecule has 2 aromatic carbocycles. The van der Waals surface area contributed by atoms with Crippen LogP contribution in [0, 0.1) is 11.3 Å². The van der Waals surface area contributed by atoms with E-state index in [9.17, 15) is 0 Å². The van der Waals surface area contributed by atoms with E-state index in [1.165, 1.54) is 4.90 Å². The third kappa shape index (κ3) is 3.16. The highest BCUT2D eigenvalue weighted by molar-refractivity contribution is 7.97.